The molecular formula is C26H26F2O5. The van der Waals surface area contributed by atoms with E-state index in [2.05, 4.69) is 0 Å². The predicted molar refractivity (Wildman–Crippen MR) is 115 cm³/mol. The van der Waals surface area contributed by atoms with Crippen molar-refractivity contribution in [2.24, 2.45) is 17.3 Å². The topological polar surface area (TPSA) is 80.7 Å². The van der Waals surface area contributed by atoms with Crippen LogP contribution in [0, 0.1) is 28.9 Å². The molecule has 5 nitrogen and oxygen atoms in total. The summed E-state index contributed by atoms with van der Waals surface area (Å²) in [7, 11) is 1.30. The molecule has 174 valence electrons. The van der Waals surface area contributed by atoms with E-state index in [0.29, 0.717) is 25.7 Å². The molecule has 2 aromatic rings. The minimum Gasteiger partial charge on any atom is -0.468 e. The molecule has 0 aromatic heterocycles. The minimum absolute atomic E-state index is 0.00702. The van der Waals surface area contributed by atoms with Gasteiger partial charge in [-0.25, -0.2) is 8.78 Å². The van der Waals surface area contributed by atoms with Crippen LogP contribution in [0.5, 0.6) is 0 Å². The number of methoxy groups -OCH3 is 1. The predicted octanol–water partition coefficient (Wildman–Crippen LogP) is 3.94. The van der Waals surface area contributed by atoms with Crippen LogP contribution in [0.2, 0.25) is 0 Å². The van der Waals surface area contributed by atoms with Gasteiger partial charge in [-0.1, -0.05) is 24.3 Å². The minimum atomic E-state index is -0.925. The molecule has 0 heterocycles. The first-order valence-corrected chi connectivity index (χ1v) is 11.0. The van der Waals surface area contributed by atoms with E-state index < -0.39 is 11.4 Å². The molecule has 0 aliphatic heterocycles. The fourth-order valence-electron chi connectivity index (χ4n) is 5.49. The summed E-state index contributed by atoms with van der Waals surface area (Å²) in [4.78, 5) is 35.0. The van der Waals surface area contributed by atoms with Gasteiger partial charge in [0.2, 0.25) is 0 Å². The molecule has 0 bridgehead atoms. The Kier molecular flexibility index (Phi) is 6.43. The first kappa shape index (κ1) is 23.2. The maximum absolute atomic E-state index is 13.2. The SMILES string of the molecule is COC(=O)[C@@]12C[C@@H]1[C@@H](c1cccc(F)c1)CC2=O.O=C1C[C@H](CO)[C@@H](c2cccc(F)c2)C1. The Morgan fingerprint density at radius 3 is 2.12 bits per heavy atom. The Labute approximate surface area is 190 Å². The molecule has 1 N–H and O–H groups in total. The molecule has 3 aliphatic carbocycles. The molecule has 3 aliphatic rings. The van der Waals surface area contributed by atoms with Crippen molar-refractivity contribution >= 4 is 17.5 Å². The lowest BCUT2D eigenvalue weighted by Gasteiger charge is -2.16. The van der Waals surface area contributed by atoms with E-state index in [1.165, 1.54) is 31.4 Å². The van der Waals surface area contributed by atoms with E-state index in [1.54, 1.807) is 12.1 Å². The number of benzene rings is 2. The van der Waals surface area contributed by atoms with E-state index in [4.69, 9.17) is 9.84 Å². The Morgan fingerprint density at radius 1 is 1.00 bits per heavy atom. The number of carbonyl (C=O) groups is 3. The smallest absolute Gasteiger partial charge is 0.319 e. The monoisotopic (exact) mass is 456 g/mol. The normalized spacial score (nSPS) is 29.8. The molecule has 0 radical (unpaired) electrons. The average molecular weight is 456 g/mol. The van der Waals surface area contributed by atoms with Crippen LogP contribution in [0.4, 0.5) is 8.78 Å². The van der Waals surface area contributed by atoms with Crippen molar-refractivity contribution in [1.29, 1.82) is 0 Å². The summed E-state index contributed by atoms with van der Waals surface area (Å²) in [5.74, 6) is -1.06. The summed E-state index contributed by atoms with van der Waals surface area (Å²) in [5.41, 5.74) is 0.697. The summed E-state index contributed by atoms with van der Waals surface area (Å²) in [6, 6.07) is 12.6. The highest BCUT2D eigenvalue weighted by atomic mass is 19.1. The quantitative estimate of drug-likeness (QED) is 0.557. The fraction of sp³-hybridized carbons (Fsp3) is 0.423. The summed E-state index contributed by atoms with van der Waals surface area (Å²) in [5, 5.41) is 9.14. The van der Waals surface area contributed by atoms with Crippen molar-refractivity contribution in [3.63, 3.8) is 0 Å². The lowest BCUT2D eigenvalue weighted by molar-refractivity contribution is -0.150. The van der Waals surface area contributed by atoms with Crippen LogP contribution in [0.15, 0.2) is 48.5 Å². The average Bonchev–Trinajstić information content (AvgIpc) is 3.34. The molecule has 3 fully saturated rings. The number of hydrogen-bond donors (Lipinski definition) is 1. The van der Waals surface area contributed by atoms with Gasteiger partial charge < -0.3 is 9.84 Å². The third kappa shape index (κ3) is 4.34. The third-order valence-corrected chi connectivity index (χ3v) is 7.25. The van der Waals surface area contributed by atoms with Crippen LogP contribution in [0.1, 0.15) is 48.6 Å². The number of ketones is 2. The van der Waals surface area contributed by atoms with E-state index in [9.17, 15) is 23.2 Å². The van der Waals surface area contributed by atoms with Crippen LogP contribution >= 0.6 is 0 Å². The standard InChI is InChI=1S/C14H13FO3.C12H13FO2/c1-18-13(17)14-7-11(14)10(6-12(14)16)8-3-2-4-9(15)5-8;13-10-3-1-2-8(4-10)12-6-11(15)5-9(12)7-14/h2-5,10-11H,6-7H2,1H3;1-4,9,12,14H,5-7H2/t10-,11-,14+;9-,12-/m11/s1. The van der Waals surface area contributed by atoms with Gasteiger partial charge in [-0.2, -0.15) is 0 Å². The van der Waals surface area contributed by atoms with Crippen LogP contribution in [0.3, 0.4) is 0 Å². The Morgan fingerprint density at radius 2 is 1.61 bits per heavy atom. The highest BCUT2D eigenvalue weighted by Gasteiger charge is 2.72. The number of rotatable bonds is 4. The van der Waals surface area contributed by atoms with Gasteiger partial charge in [0.05, 0.1) is 7.11 Å². The molecular weight excluding hydrogens is 430 g/mol. The summed E-state index contributed by atoms with van der Waals surface area (Å²) in [6.45, 7) is -0.00702. The maximum atomic E-state index is 13.2. The van der Waals surface area contributed by atoms with Crippen LogP contribution in [0.25, 0.3) is 0 Å². The van der Waals surface area contributed by atoms with Crippen LogP contribution < -0.4 is 0 Å². The van der Waals surface area contributed by atoms with Gasteiger partial charge in [0, 0.05) is 25.9 Å². The van der Waals surface area contributed by atoms with Crippen LogP contribution in [-0.2, 0) is 19.1 Å². The Bertz CT molecular complexity index is 1080. The van der Waals surface area contributed by atoms with Crippen molar-refractivity contribution in [2.75, 3.05) is 13.7 Å². The second-order valence-corrected chi connectivity index (χ2v) is 9.11. The number of carbonyl (C=O) groups excluding carboxylic acids is 3. The number of fused-ring (bicyclic) bond motifs is 1. The lowest BCUT2D eigenvalue weighted by atomic mass is 9.89. The Balaban J connectivity index is 0.000000160. The van der Waals surface area contributed by atoms with E-state index >= 15 is 0 Å². The molecule has 2 aromatic carbocycles. The highest BCUT2D eigenvalue weighted by Crippen LogP contribution is 2.67. The van der Waals surface area contributed by atoms with Crippen LogP contribution in [-0.4, -0.2) is 36.4 Å². The molecule has 0 unspecified atom stereocenters. The number of aliphatic hydroxyl groups is 1. The van der Waals surface area contributed by atoms with Crippen molar-refractivity contribution in [1.82, 2.24) is 0 Å². The van der Waals surface area contributed by atoms with Gasteiger partial charge in [-0.15, -0.1) is 0 Å². The summed E-state index contributed by atoms with van der Waals surface area (Å²) < 4.78 is 30.9. The first-order valence-electron chi connectivity index (χ1n) is 11.0. The zero-order valence-corrected chi connectivity index (χ0v) is 18.3. The van der Waals surface area contributed by atoms with E-state index in [1.807, 2.05) is 12.1 Å². The summed E-state index contributed by atoms with van der Waals surface area (Å²) >= 11 is 0. The third-order valence-electron chi connectivity index (χ3n) is 7.25. The molecule has 5 atom stereocenters. The van der Waals surface area contributed by atoms with Gasteiger partial charge in [0.15, 0.2) is 5.78 Å². The van der Waals surface area contributed by atoms with E-state index in [-0.39, 0.29) is 53.5 Å². The number of hydrogen-bond acceptors (Lipinski definition) is 5. The fourth-order valence-corrected chi connectivity index (χ4v) is 5.49. The second-order valence-electron chi connectivity index (χ2n) is 9.11. The number of ether oxygens (including phenoxy) is 1. The van der Waals surface area contributed by atoms with Gasteiger partial charge in [0.25, 0.3) is 0 Å². The molecule has 33 heavy (non-hydrogen) atoms. The molecule has 7 heteroatoms. The first-order chi connectivity index (χ1) is 15.8. The number of aliphatic hydroxyl groups excluding tert-OH is 1. The van der Waals surface area contributed by atoms with Crippen molar-refractivity contribution < 1.29 is 33.0 Å². The molecule has 0 spiro atoms. The number of Topliss-reactive ketones (excluding diaryl/α,β-unsaturated/α-hetero) is 2. The van der Waals surface area contributed by atoms with E-state index in [0.717, 1.165) is 11.1 Å². The highest BCUT2D eigenvalue weighted by molar-refractivity contribution is 6.10. The molecule has 3 saturated carbocycles. The molecule has 0 saturated heterocycles. The number of halogens is 2. The zero-order chi connectivity index (χ0) is 23.8. The second kappa shape index (κ2) is 9.14. The molecule has 0 amide bonds. The largest absolute Gasteiger partial charge is 0.468 e. The van der Waals surface area contributed by atoms with Gasteiger partial charge in [0.1, 0.15) is 22.8 Å². The number of esters is 1. The van der Waals surface area contributed by atoms with Gasteiger partial charge in [-0.05, 0) is 65.5 Å². The van der Waals surface area contributed by atoms with Crippen molar-refractivity contribution in [3.8, 4) is 0 Å². The van der Waals surface area contributed by atoms with Crippen molar-refractivity contribution in [2.45, 2.75) is 37.5 Å². The lowest BCUT2D eigenvalue weighted by Crippen LogP contribution is -2.24. The summed E-state index contributed by atoms with van der Waals surface area (Å²) in [6.07, 6.45) is 1.69. The maximum Gasteiger partial charge on any atom is 0.319 e. The van der Waals surface area contributed by atoms with Gasteiger partial charge in [-0.3, -0.25) is 14.4 Å². The van der Waals surface area contributed by atoms with Crippen molar-refractivity contribution in [3.05, 3.63) is 71.3 Å². The van der Waals surface area contributed by atoms with Gasteiger partial charge >= 0.3 is 5.97 Å². The Hall–Kier alpha value is -2.93. The molecule has 5 rings (SSSR count). The zero-order valence-electron chi connectivity index (χ0n) is 18.3.